The highest BCUT2D eigenvalue weighted by Gasteiger charge is 2.47. The quantitative estimate of drug-likeness (QED) is 0.353. The number of aliphatic hydroxyl groups is 1. The molecule has 5 N–H and O–H groups in total. The first-order valence-electron chi connectivity index (χ1n) is 12.0. The first kappa shape index (κ1) is 23.6. The average molecular weight is 526 g/mol. The van der Waals surface area contributed by atoms with Crippen LogP contribution >= 0.6 is 0 Å². The lowest BCUT2D eigenvalue weighted by Crippen LogP contribution is -2.55. The number of aliphatic hydroxyl groups excluding tert-OH is 1. The number of nitrogens with one attached hydrogen (secondary N) is 2. The number of hydrogen-bond acceptors (Lipinski definition) is 11. The molecule has 2 saturated heterocycles. The van der Waals surface area contributed by atoms with Crippen LogP contribution in [-0.2, 0) is 21.2 Å². The molecule has 194 valence electrons. The maximum absolute atomic E-state index is 13.1. The number of nitrogens with zero attached hydrogens (tertiary/aromatic N) is 6. The molecule has 3 aliphatic rings. The van der Waals surface area contributed by atoms with Crippen molar-refractivity contribution < 1.29 is 18.3 Å². The maximum Gasteiger partial charge on any atom is 0.267 e. The summed E-state index contributed by atoms with van der Waals surface area (Å²) in [7, 11) is -3.73. The molecule has 6 rings (SSSR count). The molecule has 1 amide bonds. The summed E-state index contributed by atoms with van der Waals surface area (Å²) in [6, 6.07) is 3.44. The molecule has 0 aromatic carbocycles. The smallest absolute Gasteiger partial charge is 0.267 e. The SMILES string of the molecule is CS(=O)(=O)c1c(C2CC3CC[C@@H](C2)N3C(=O)C2NC=NN2)nc2c(-c3ccc(CO)nc3)cnn2c1N. The van der Waals surface area contributed by atoms with Crippen LogP contribution < -0.4 is 16.5 Å². The van der Waals surface area contributed by atoms with Gasteiger partial charge in [0.2, 0.25) is 0 Å². The van der Waals surface area contributed by atoms with Crippen LogP contribution in [0.15, 0.2) is 34.5 Å². The van der Waals surface area contributed by atoms with E-state index in [4.69, 9.17) is 10.7 Å². The molecular formula is C23H27N9O4S. The van der Waals surface area contributed by atoms with Crippen LogP contribution in [-0.4, -0.2) is 74.8 Å². The van der Waals surface area contributed by atoms with Crippen molar-refractivity contribution in [3.05, 3.63) is 35.9 Å². The van der Waals surface area contributed by atoms with Gasteiger partial charge in [-0.3, -0.25) is 15.2 Å². The molecule has 6 heterocycles. The Kier molecular flexibility index (Phi) is 5.53. The Balaban J connectivity index is 1.41. The third kappa shape index (κ3) is 3.87. The molecule has 14 heteroatoms. The summed E-state index contributed by atoms with van der Waals surface area (Å²) in [6.45, 7) is -0.175. The molecule has 2 fully saturated rings. The number of carbonyl (C=O) groups excluding carboxylic acids is 1. The molecule has 3 unspecified atom stereocenters. The lowest BCUT2D eigenvalue weighted by Gasteiger charge is -2.40. The number of amides is 1. The van der Waals surface area contributed by atoms with Gasteiger partial charge >= 0.3 is 0 Å². The van der Waals surface area contributed by atoms with Gasteiger partial charge in [0, 0.05) is 41.6 Å². The first-order valence-corrected chi connectivity index (χ1v) is 13.9. The largest absolute Gasteiger partial charge is 0.390 e. The van der Waals surface area contributed by atoms with Crippen molar-refractivity contribution in [2.75, 3.05) is 12.0 Å². The minimum atomic E-state index is -3.73. The predicted molar refractivity (Wildman–Crippen MR) is 134 cm³/mol. The summed E-state index contributed by atoms with van der Waals surface area (Å²) >= 11 is 0. The van der Waals surface area contributed by atoms with Gasteiger partial charge in [-0.25, -0.2) is 13.4 Å². The Labute approximate surface area is 212 Å². The monoisotopic (exact) mass is 525 g/mol. The fraction of sp³-hybridized carbons (Fsp3) is 0.435. The van der Waals surface area contributed by atoms with E-state index in [1.54, 1.807) is 24.5 Å². The van der Waals surface area contributed by atoms with Crippen LogP contribution in [0.3, 0.4) is 0 Å². The van der Waals surface area contributed by atoms with Crippen LogP contribution in [0.5, 0.6) is 0 Å². The number of carbonyl (C=O) groups is 1. The van der Waals surface area contributed by atoms with Crippen molar-refractivity contribution >= 4 is 33.5 Å². The van der Waals surface area contributed by atoms with Gasteiger partial charge in [-0.1, -0.05) is 6.07 Å². The van der Waals surface area contributed by atoms with Crippen molar-refractivity contribution in [2.24, 2.45) is 5.10 Å². The standard InChI is InChI=1S/C23H27N9O4S/c1-37(35,36)19-18(13-6-15-4-5-16(7-13)31(15)23(34)21-26-11-27-30-21)29-22-17(9-28-32(22)20(19)24)12-2-3-14(10-33)25-8-12/h2-3,8-9,11,13,15-16,21,30,33H,4-7,10,24H2,1H3,(H,26,27)/t13?,15-,16?,21?/m0/s1. The van der Waals surface area contributed by atoms with Gasteiger partial charge in [-0.05, 0) is 31.7 Å². The van der Waals surface area contributed by atoms with E-state index in [0.29, 0.717) is 35.4 Å². The summed E-state index contributed by atoms with van der Waals surface area (Å²) in [5, 5.41) is 20.4. The average Bonchev–Trinajstić information content (AvgIpc) is 3.61. The van der Waals surface area contributed by atoms with Crippen molar-refractivity contribution in [3.8, 4) is 11.1 Å². The molecule has 4 atom stereocenters. The van der Waals surface area contributed by atoms with Crippen LogP contribution in [0.25, 0.3) is 16.8 Å². The Morgan fingerprint density at radius 2 is 1.97 bits per heavy atom. The fourth-order valence-corrected chi connectivity index (χ4v) is 6.91. The highest BCUT2D eigenvalue weighted by molar-refractivity contribution is 7.91. The predicted octanol–water partition coefficient (Wildman–Crippen LogP) is -0.0315. The third-order valence-corrected chi connectivity index (χ3v) is 8.62. The fourth-order valence-electron chi connectivity index (χ4n) is 5.85. The zero-order chi connectivity index (χ0) is 25.9. The summed E-state index contributed by atoms with van der Waals surface area (Å²) in [4.78, 5) is 24.1. The molecule has 3 aromatic rings. The summed E-state index contributed by atoms with van der Waals surface area (Å²) in [5.41, 5.74) is 12.0. The minimum absolute atomic E-state index is 0.0102. The highest BCUT2D eigenvalue weighted by Crippen LogP contribution is 2.45. The number of sulfone groups is 1. The summed E-state index contributed by atoms with van der Waals surface area (Å²) < 4.78 is 27.2. The molecule has 3 aromatic heterocycles. The number of aromatic nitrogens is 4. The zero-order valence-electron chi connectivity index (χ0n) is 20.1. The van der Waals surface area contributed by atoms with Crippen molar-refractivity contribution in [1.82, 2.24) is 35.2 Å². The molecule has 0 saturated carbocycles. The van der Waals surface area contributed by atoms with E-state index in [9.17, 15) is 18.3 Å². The molecule has 0 radical (unpaired) electrons. The van der Waals surface area contributed by atoms with Crippen molar-refractivity contribution in [2.45, 2.75) is 61.4 Å². The van der Waals surface area contributed by atoms with Gasteiger partial charge in [0.25, 0.3) is 5.91 Å². The van der Waals surface area contributed by atoms with Crippen LogP contribution in [0.4, 0.5) is 5.82 Å². The second-order valence-corrected chi connectivity index (χ2v) is 11.7. The number of nitrogens with two attached hydrogens (primary N) is 1. The Morgan fingerprint density at radius 1 is 1.22 bits per heavy atom. The molecule has 0 aliphatic carbocycles. The van der Waals surface area contributed by atoms with Gasteiger partial charge in [0.05, 0.1) is 24.2 Å². The number of pyridine rings is 1. The molecule has 2 bridgehead atoms. The minimum Gasteiger partial charge on any atom is -0.390 e. The maximum atomic E-state index is 13.1. The Morgan fingerprint density at radius 3 is 2.57 bits per heavy atom. The van der Waals surface area contributed by atoms with E-state index in [2.05, 4.69) is 25.9 Å². The molecular weight excluding hydrogens is 498 g/mol. The van der Waals surface area contributed by atoms with Crippen LogP contribution in [0.1, 0.15) is 43.0 Å². The zero-order valence-corrected chi connectivity index (χ0v) is 20.9. The topological polar surface area (TPSA) is 180 Å². The number of hydrogen-bond donors (Lipinski definition) is 4. The number of anilines is 1. The normalized spacial score (nSPS) is 24.9. The Bertz CT molecular complexity index is 1500. The second-order valence-electron chi connectivity index (χ2n) is 9.76. The summed E-state index contributed by atoms with van der Waals surface area (Å²) in [5.74, 6) is -0.250. The number of hydrazone groups is 1. The third-order valence-electron chi connectivity index (χ3n) is 7.46. The summed E-state index contributed by atoms with van der Waals surface area (Å²) in [6.07, 6.45) is 8.05. The first-order chi connectivity index (χ1) is 17.8. The van der Waals surface area contributed by atoms with Crippen LogP contribution in [0.2, 0.25) is 0 Å². The molecule has 3 aliphatic heterocycles. The van der Waals surface area contributed by atoms with E-state index < -0.39 is 16.0 Å². The van der Waals surface area contributed by atoms with Crippen LogP contribution in [0, 0.1) is 0 Å². The molecule has 13 nitrogen and oxygen atoms in total. The van der Waals surface area contributed by atoms with E-state index >= 15 is 0 Å². The van der Waals surface area contributed by atoms with Gasteiger partial charge in [0.1, 0.15) is 17.1 Å². The van der Waals surface area contributed by atoms with Gasteiger partial charge in [0.15, 0.2) is 21.7 Å². The second kappa shape index (κ2) is 8.66. The number of rotatable bonds is 5. The number of fused-ring (bicyclic) bond motifs is 3. The van der Waals surface area contributed by atoms with E-state index in [-0.39, 0.29) is 41.2 Å². The van der Waals surface area contributed by atoms with Gasteiger partial charge in [-0.2, -0.15) is 14.7 Å². The van der Waals surface area contributed by atoms with E-state index in [0.717, 1.165) is 24.7 Å². The number of nitrogen functional groups attached to an aromatic ring is 1. The van der Waals surface area contributed by atoms with E-state index in [1.807, 2.05) is 4.90 Å². The van der Waals surface area contributed by atoms with Crippen molar-refractivity contribution in [3.63, 3.8) is 0 Å². The Hall–Kier alpha value is -3.78. The number of piperidine rings is 1. The van der Waals surface area contributed by atoms with Gasteiger partial charge < -0.3 is 21.1 Å². The lowest BCUT2D eigenvalue weighted by atomic mass is 9.87. The highest BCUT2D eigenvalue weighted by atomic mass is 32.2. The van der Waals surface area contributed by atoms with Gasteiger partial charge in [-0.15, -0.1) is 0 Å². The molecule has 37 heavy (non-hydrogen) atoms. The lowest BCUT2D eigenvalue weighted by molar-refractivity contribution is -0.138. The van der Waals surface area contributed by atoms with Crippen molar-refractivity contribution in [1.29, 1.82) is 0 Å². The molecule has 0 spiro atoms. The van der Waals surface area contributed by atoms with E-state index in [1.165, 1.54) is 10.9 Å².